The largest absolute Gasteiger partial charge is 0.253 e. The zero-order valence-electron chi connectivity index (χ0n) is 9.46. The van der Waals surface area contributed by atoms with E-state index in [-0.39, 0.29) is 0 Å². The highest BCUT2D eigenvalue weighted by molar-refractivity contribution is 7.99. The van der Waals surface area contributed by atoms with Crippen molar-refractivity contribution < 1.29 is 0 Å². The quantitative estimate of drug-likeness (QED) is 0.527. The van der Waals surface area contributed by atoms with Crippen molar-refractivity contribution in [2.45, 2.75) is 10.2 Å². The molecule has 0 N–H and O–H groups in total. The number of rotatable bonds is 2. The van der Waals surface area contributed by atoms with Crippen LogP contribution < -0.4 is 0 Å². The van der Waals surface area contributed by atoms with Crippen molar-refractivity contribution in [2.75, 3.05) is 0 Å². The maximum Gasteiger partial charge on any atom is 0.253 e. The molecule has 4 aromatic rings. The maximum atomic E-state index is 4.35. The van der Waals surface area contributed by atoms with Crippen LogP contribution >= 0.6 is 23.1 Å². The molecule has 6 nitrogen and oxygen atoms in total. The molecule has 0 saturated carbocycles. The second-order valence-electron chi connectivity index (χ2n) is 3.67. The minimum atomic E-state index is 0.585. The molecule has 8 heteroatoms. The number of hydrogen-bond acceptors (Lipinski definition) is 7. The third-order valence-corrected chi connectivity index (χ3v) is 4.39. The van der Waals surface area contributed by atoms with E-state index in [0.717, 1.165) is 15.2 Å². The lowest BCUT2D eigenvalue weighted by atomic mass is 10.5. The lowest BCUT2D eigenvalue weighted by Crippen LogP contribution is -1.87. The Balaban J connectivity index is 1.79. The van der Waals surface area contributed by atoms with E-state index in [1.54, 1.807) is 28.4 Å². The van der Waals surface area contributed by atoms with Crippen LogP contribution in [0.3, 0.4) is 0 Å². The van der Waals surface area contributed by atoms with E-state index < -0.39 is 0 Å². The molecule has 0 saturated heterocycles. The zero-order chi connectivity index (χ0) is 12.7. The van der Waals surface area contributed by atoms with Gasteiger partial charge in [0.1, 0.15) is 11.4 Å². The van der Waals surface area contributed by atoms with Crippen LogP contribution in [-0.2, 0) is 0 Å². The van der Waals surface area contributed by atoms with Gasteiger partial charge in [0.15, 0.2) is 0 Å². The van der Waals surface area contributed by atoms with Crippen molar-refractivity contribution in [1.29, 1.82) is 0 Å². The molecule has 0 unspecified atom stereocenters. The fourth-order valence-corrected chi connectivity index (χ4v) is 3.41. The first-order valence-corrected chi connectivity index (χ1v) is 7.13. The molecular weight excluding hydrogens is 280 g/mol. The summed E-state index contributed by atoms with van der Waals surface area (Å²) < 4.78 is 2.70. The normalized spacial score (nSPS) is 11.4. The number of nitrogens with zero attached hydrogens (tertiary/aromatic N) is 6. The van der Waals surface area contributed by atoms with Gasteiger partial charge in [0.25, 0.3) is 5.78 Å². The van der Waals surface area contributed by atoms with Gasteiger partial charge in [-0.25, -0.2) is 19.5 Å². The Kier molecular flexibility index (Phi) is 2.42. The van der Waals surface area contributed by atoms with Crippen LogP contribution in [0.2, 0.25) is 0 Å². The number of fused-ring (bicyclic) bond motifs is 2. The van der Waals surface area contributed by atoms with Crippen molar-refractivity contribution in [3.8, 4) is 0 Å². The van der Waals surface area contributed by atoms with E-state index in [2.05, 4.69) is 25.0 Å². The number of aromatic nitrogens is 6. The smallest absolute Gasteiger partial charge is 0.235 e. The maximum absolute atomic E-state index is 4.35. The van der Waals surface area contributed by atoms with E-state index in [1.807, 2.05) is 23.7 Å². The average Bonchev–Trinajstić information content (AvgIpc) is 3.04. The predicted octanol–water partition coefficient (Wildman–Crippen LogP) is 2.28. The molecule has 0 aliphatic carbocycles. The predicted molar refractivity (Wildman–Crippen MR) is 72.3 cm³/mol. The fraction of sp³-hybridized carbons (Fsp3) is 0. The summed E-state index contributed by atoms with van der Waals surface area (Å²) in [5.74, 6) is 0.585. The Bertz CT molecular complexity index is 835. The molecule has 4 rings (SSSR count). The van der Waals surface area contributed by atoms with Crippen LogP contribution in [0.5, 0.6) is 0 Å². The summed E-state index contributed by atoms with van der Waals surface area (Å²) in [6, 6.07) is 3.79. The van der Waals surface area contributed by atoms with Gasteiger partial charge in [-0.15, -0.1) is 16.4 Å². The van der Waals surface area contributed by atoms with Gasteiger partial charge in [-0.05, 0) is 29.3 Å². The standard InChI is InChI=1S/C11H6N6S2/c1-3-12-10-15-11(16-17(10)4-1)19-9-8-7(2-5-18-8)13-6-14-9/h1-6H. The molecule has 0 fully saturated rings. The van der Waals surface area contributed by atoms with Gasteiger partial charge >= 0.3 is 0 Å². The van der Waals surface area contributed by atoms with Crippen molar-refractivity contribution in [3.63, 3.8) is 0 Å². The summed E-state index contributed by atoms with van der Waals surface area (Å²) in [6.45, 7) is 0. The first kappa shape index (κ1) is 10.8. The van der Waals surface area contributed by atoms with Crippen molar-refractivity contribution in [3.05, 3.63) is 36.2 Å². The molecular formula is C11H6N6S2. The van der Waals surface area contributed by atoms with E-state index >= 15 is 0 Å². The lowest BCUT2D eigenvalue weighted by molar-refractivity contribution is 0.878. The Morgan fingerprint density at radius 3 is 3.16 bits per heavy atom. The van der Waals surface area contributed by atoms with E-state index in [4.69, 9.17) is 0 Å². The van der Waals surface area contributed by atoms with Gasteiger partial charge < -0.3 is 0 Å². The summed E-state index contributed by atoms with van der Waals surface area (Å²) in [5.41, 5.74) is 0.949. The van der Waals surface area contributed by atoms with Gasteiger partial charge in [0.2, 0.25) is 5.16 Å². The van der Waals surface area contributed by atoms with Crippen LogP contribution in [0.1, 0.15) is 0 Å². The molecule has 0 amide bonds. The molecule has 4 aromatic heterocycles. The number of thiophene rings is 1. The molecule has 19 heavy (non-hydrogen) atoms. The van der Waals surface area contributed by atoms with E-state index in [1.165, 1.54) is 11.8 Å². The second-order valence-corrected chi connectivity index (χ2v) is 5.55. The Morgan fingerprint density at radius 2 is 2.21 bits per heavy atom. The van der Waals surface area contributed by atoms with Gasteiger partial charge in [0, 0.05) is 12.4 Å². The van der Waals surface area contributed by atoms with E-state index in [0.29, 0.717) is 10.9 Å². The van der Waals surface area contributed by atoms with Crippen molar-refractivity contribution in [1.82, 2.24) is 29.5 Å². The third kappa shape index (κ3) is 1.85. The fourth-order valence-electron chi connectivity index (χ4n) is 1.68. The minimum absolute atomic E-state index is 0.585. The molecule has 0 atom stereocenters. The first-order valence-electron chi connectivity index (χ1n) is 5.43. The summed E-state index contributed by atoms with van der Waals surface area (Å²) in [5, 5.41) is 7.85. The monoisotopic (exact) mass is 286 g/mol. The molecule has 0 bridgehead atoms. The van der Waals surface area contributed by atoms with Crippen LogP contribution in [0.25, 0.3) is 16.0 Å². The van der Waals surface area contributed by atoms with Gasteiger partial charge in [0.05, 0.1) is 10.2 Å². The minimum Gasteiger partial charge on any atom is -0.235 e. The summed E-state index contributed by atoms with van der Waals surface area (Å²) in [6.07, 6.45) is 5.08. The third-order valence-electron chi connectivity index (χ3n) is 2.50. The van der Waals surface area contributed by atoms with Gasteiger partial charge in [-0.1, -0.05) is 0 Å². The lowest BCUT2D eigenvalue weighted by Gasteiger charge is -1.96. The summed E-state index contributed by atoms with van der Waals surface area (Å²) in [4.78, 5) is 17.0. The SMILES string of the molecule is c1cnc2nc(Sc3ncnc4ccsc34)nn2c1. The Morgan fingerprint density at radius 1 is 1.21 bits per heavy atom. The highest BCUT2D eigenvalue weighted by Crippen LogP contribution is 2.31. The van der Waals surface area contributed by atoms with Crippen LogP contribution in [0, 0.1) is 0 Å². The molecule has 92 valence electrons. The average molecular weight is 286 g/mol. The van der Waals surface area contributed by atoms with Crippen LogP contribution in [0.15, 0.2) is 46.4 Å². The molecule has 0 aliphatic rings. The first-order chi connectivity index (χ1) is 9.40. The molecule has 0 radical (unpaired) electrons. The van der Waals surface area contributed by atoms with Crippen molar-refractivity contribution in [2.24, 2.45) is 0 Å². The van der Waals surface area contributed by atoms with Crippen LogP contribution in [-0.4, -0.2) is 29.5 Å². The summed E-state index contributed by atoms with van der Waals surface area (Å²) >= 11 is 3.04. The molecule has 0 aromatic carbocycles. The van der Waals surface area contributed by atoms with Crippen molar-refractivity contribution >= 4 is 39.1 Å². The van der Waals surface area contributed by atoms with Gasteiger partial charge in [-0.3, -0.25) is 0 Å². The number of hydrogen-bond donors (Lipinski definition) is 0. The van der Waals surface area contributed by atoms with Crippen LogP contribution in [0.4, 0.5) is 0 Å². The molecule has 0 spiro atoms. The molecule has 4 heterocycles. The Hall–Kier alpha value is -2.06. The Labute approximate surface area is 115 Å². The summed E-state index contributed by atoms with van der Waals surface area (Å²) in [7, 11) is 0. The second kappa shape index (κ2) is 4.25. The van der Waals surface area contributed by atoms with Gasteiger partial charge in [-0.2, -0.15) is 4.98 Å². The highest BCUT2D eigenvalue weighted by Gasteiger charge is 2.11. The van der Waals surface area contributed by atoms with E-state index in [9.17, 15) is 0 Å². The zero-order valence-corrected chi connectivity index (χ0v) is 11.1. The highest BCUT2D eigenvalue weighted by atomic mass is 32.2. The molecule has 0 aliphatic heterocycles. The topological polar surface area (TPSA) is 68.9 Å².